The van der Waals surface area contributed by atoms with E-state index < -0.39 is 4.87 Å². The summed E-state index contributed by atoms with van der Waals surface area (Å²) < 4.78 is 0. The first-order valence-electron chi connectivity index (χ1n) is 4.16. The Morgan fingerprint density at radius 1 is 1.43 bits per heavy atom. The molecular weight excluding hydrogens is 351 g/mol. The summed E-state index contributed by atoms with van der Waals surface area (Å²) >= 11 is 19.1. The molecule has 0 aliphatic rings. The zero-order chi connectivity index (χ0) is 11.4. The van der Waals surface area contributed by atoms with Crippen LogP contribution >= 0.6 is 55.1 Å². The molecule has 0 aliphatic heterocycles. The molecule has 0 amide bonds. The Labute approximate surface area is 113 Å². The zero-order valence-corrected chi connectivity index (χ0v) is 12.9. The van der Waals surface area contributed by atoms with Gasteiger partial charge in [0.05, 0.1) is 14.6 Å². The van der Waals surface area contributed by atoms with Gasteiger partial charge >= 0.3 is 0 Å². The maximum absolute atomic E-state index is 6.17. The first kappa shape index (κ1) is 15.0. The van der Waals surface area contributed by atoms with Crippen molar-refractivity contribution in [3.05, 3.63) is 24.8 Å². The molecule has 0 rings (SSSR count). The molecule has 82 valence electrons. The molecule has 0 heterocycles. The fourth-order valence-corrected chi connectivity index (χ4v) is 1.30. The predicted molar refractivity (Wildman–Crippen MR) is 74.4 cm³/mol. The smallest absolute Gasteiger partial charge is 0.0754 e. The van der Waals surface area contributed by atoms with Crippen LogP contribution in [0, 0.1) is 0 Å². The van der Waals surface area contributed by atoms with Crippen LogP contribution in [0.4, 0.5) is 0 Å². The normalized spacial score (nSPS) is 22.7. The summed E-state index contributed by atoms with van der Waals surface area (Å²) in [4.78, 5) is -0.845. The third kappa shape index (κ3) is 5.20. The van der Waals surface area contributed by atoms with Crippen molar-refractivity contribution >= 4 is 55.1 Å². The minimum absolute atomic E-state index is 0.0197. The molecule has 0 aliphatic carbocycles. The highest BCUT2D eigenvalue weighted by Gasteiger charge is 2.25. The monoisotopic (exact) mass is 362 g/mol. The second-order valence-electron chi connectivity index (χ2n) is 3.53. The summed E-state index contributed by atoms with van der Waals surface area (Å²) in [6.07, 6.45) is 5.58. The van der Waals surface area contributed by atoms with Crippen LogP contribution in [-0.4, -0.2) is 19.9 Å². The summed E-state index contributed by atoms with van der Waals surface area (Å²) in [5, 5.41) is 0.699. The molecule has 0 saturated carbocycles. The van der Waals surface area contributed by atoms with E-state index >= 15 is 0 Å². The predicted octanol–water partition coefficient (Wildman–Crippen LogP) is 4.88. The molecule has 0 aromatic carbocycles. The van der Waals surface area contributed by atoms with Crippen molar-refractivity contribution in [3.8, 4) is 0 Å². The molecule has 0 fully saturated rings. The molecule has 14 heavy (non-hydrogen) atoms. The Morgan fingerprint density at radius 2 is 1.93 bits per heavy atom. The Morgan fingerprint density at radius 3 is 2.29 bits per heavy atom. The molecule has 3 unspecified atom stereocenters. The topological polar surface area (TPSA) is 0 Å². The van der Waals surface area contributed by atoms with E-state index in [0.717, 1.165) is 0 Å². The maximum atomic E-state index is 6.17. The summed E-state index contributed by atoms with van der Waals surface area (Å²) in [5.41, 5.74) is 0. The minimum atomic E-state index is -0.490. The van der Waals surface area contributed by atoms with Gasteiger partial charge in [0.1, 0.15) is 0 Å². The van der Waals surface area contributed by atoms with Gasteiger partial charge < -0.3 is 0 Å². The Kier molecular flexibility index (Phi) is 6.36. The largest absolute Gasteiger partial charge is 0.114 e. The van der Waals surface area contributed by atoms with E-state index in [-0.39, 0.29) is 9.70 Å². The molecule has 0 saturated heterocycles. The van der Waals surface area contributed by atoms with Gasteiger partial charge in [-0.3, -0.25) is 0 Å². The minimum Gasteiger partial charge on any atom is -0.114 e. The van der Waals surface area contributed by atoms with Crippen LogP contribution in [0.2, 0.25) is 0 Å². The first-order chi connectivity index (χ1) is 6.25. The SMILES string of the molecule is C=CC(C)(Cl)C(Br)C=CC(C)(Cl)CBr. The summed E-state index contributed by atoms with van der Waals surface area (Å²) in [6.45, 7) is 7.50. The highest BCUT2D eigenvalue weighted by Crippen LogP contribution is 2.29. The lowest BCUT2D eigenvalue weighted by Crippen LogP contribution is -2.25. The van der Waals surface area contributed by atoms with E-state index in [1.54, 1.807) is 6.08 Å². The van der Waals surface area contributed by atoms with Gasteiger partial charge in [0.25, 0.3) is 0 Å². The van der Waals surface area contributed by atoms with Crippen molar-refractivity contribution in [1.29, 1.82) is 0 Å². The zero-order valence-electron chi connectivity index (χ0n) is 8.24. The van der Waals surface area contributed by atoms with Crippen LogP contribution in [-0.2, 0) is 0 Å². The van der Waals surface area contributed by atoms with Crippen molar-refractivity contribution in [1.82, 2.24) is 0 Å². The average Bonchev–Trinajstić information content (AvgIpc) is 2.14. The molecule has 0 aromatic heterocycles. The molecule has 0 bridgehead atoms. The number of allylic oxidation sites excluding steroid dienone is 3. The molecular formula is C10H14Br2Cl2. The van der Waals surface area contributed by atoms with Crippen molar-refractivity contribution in [3.63, 3.8) is 0 Å². The van der Waals surface area contributed by atoms with Crippen LogP contribution in [0.25, 0.3) is 0 Å². The second kappa shape index (κ2) is 5.93. The lowest BCUT2D eigenvalue weighted by Gasteiger charge is -2.22. The van der Waals surface area contributed by atoms with E-state index in [1.165, 1.54) is 0 Å². The van der Waals surface area contributed by atoms with Crippen LogP contribution in [0.3, 0.4) is 0 Å². The lowest BCUT2D eigenvalue weighted by molar-refractivity contribution is 0.807. The Hall–Kier alpha value is 1.02. The maximum Gasteiger partial charge on any atom is 0.0754 e. The summed E-state index contributed by atoms with van der Waals surface area (Å²) in [7, 11) is 0. The van der Waals surface area contributed by atoms with Crippen molar-refractivity contribution in [2.75, 3.05) is 5.33 Å². The average molecular weight is 365 g/mol. The molecule has 3 atom stereocenters. The Bertz CT molecular complexity index is 222. The molecule has 0 N–H and O–H groups in total. The van der Waals surface area contributed by atoms with Gasteiger partial charge in [-0.1, -0.05) is 50.1 Å². The van der Waals surface area contributed by atoms with Crippen LogP contribution in [0.1, 0.15) is 13.8 Å². The van der Waals surface area contributed by atoms with Crippen molar-refractivity contribution in [2.45, 2.75) is 28.4 Å². The van der Waals surface area contributed by atoms with E-state index in [4.69, 9.17) is 23.2 Å². The highest BCUT2D eigenvalue weighted by molar-refractivity contribution is 9.09. The molecule has 0 spiro atoms. The van der Waals surface area contributed by atoms with Gasteiger partial charge in [-0.05, 0) is 13.8 Å². The molecule has 0 nitrogen and oxygen atoms in total. The van der Waals surface area contributed by atoms with E-state index in [9.17, 15) is 0 Å². The van der Waals surface area contributed by atoms with Gasteiger partial charge in [-0.2, -0.15) is 0 Å². The van der Waals surface area contributed by atoms with E-state index in [1.807, 2.05) is 26.0 Å². The Balaban J connectivity index is 4.46. The van der Waals surface area contributed by atoms with E-state index in [2.05, 4.69) is 38.4 Å². The van der Waals surface area contributed by atoms with Crippen LogP contribution in [0.5, 0.6) is 0 Å². The van der Waals surface area contributed by atoms with Gasteiger partial charge in [0, 0.05) is 5.33 Å². The standard InChI is InChI=1S/C10H14Br2Cl2/c1-4-10(3,14)8(12)5-6-9(2,13)7-11/h4-6,8H,1,7H2,2-3H3. The summed E-state index contributed by atoms with van der Waals surface area (Å²) in [6, 6.07) is 0. The number of hydrogen-bond donors (Lipinski definition) is 0. The molecule has 0 aromatic rings. The van der Waals surface area contributed by atoms with Gasteiger partial charge in [0.15, 0.2) is 0 Å². The fourth-order valence-electron chi connectivity index (χ4n) is 0.630. The second-order valence-corrected chi connectivity index (χ2v) is 6.75. The highest BCUT2D eigenvalue weighted by atomic mass is 79.9. The summed E-state index contributed by atoms with van der Waals surface area (Å²) in [5.74, 6) is 0. The van der Waals surface area contributed by atoms with Gasteiger partial charge in [-0.25, -0.2) is 0 Å². The molecule has 0 radical (unpaired) electrons. The third-order valence-electron chi connectivity index (χ3n) is 1.81. The van der Waals surface area contributed by atoms with Gasteiger partial charge in [0.2, 0.25) is 0 Å². The quantitative estimate of drug-likeness (QED) is 0.481. The van der Waals surface area contributed by atoms with Crippen LogP contribution < -0.4 is 0 Å². The first-order valence-corrected chi connectivity index (χ1v) is 6.95. The number of rotatable bonds is 5. The number of hydrogen-bond acceptors (Lipinski definition) is 0. The lowest BCUT2D eigenvalue weighted by atomic mass is 10.1. The third-order valence-corrected chi connectivity index (χ3v) is 5.47. The fraction of sp³-hybridized carbons (Fsp3) is 0.600. The van der Waals surface area contributed by atoms with Gasteiger partial charge in [-0.15, -0.1) is 29.8 Å². The number of alkyl halides is 4. The van der Waals surface area contributed by atoms with E-state index in [0.29, 0.717) is 5.33 Å². The van der Waals surface area contributed by atoms with Crippen LogP contribution in [0.15, 0.2) is 24.8 Å². The van der Waals surface area contributed by atoms with Crippen molar-refractivity contribution in [2.24, 2.45) is 0 Å². The molecule has 4 heteroatoms. The van der Waals surface area contributed by atoms with Crippen molar-refractivity contribution < 1.29 is 0 Å². The number of halogens is 4.